The third-order valence-corrected chi connectivity index (χ3v) is 7.10. The smallest absolute Gasteiger partial charge is 0.349 e. The second-order valence-corrected chi connectivity index (χ2v) is 11.6. The van der Waals surface area contributed by atoms with Gasteiger partial charge in [0.2, 0.25) is 12.2 Å². The summed E-state index contributed by atoms with van der Waals surface area (Å²) >= 11 is 0. The van der Waals surface area contributed by atoms with E-state index in [1.165, 1.54) is 32.0 Å². The first-order valence-corrected chi connectivity index (χ1v) is 15.7. The fourth-order valence-corrected chi connectivity index (χ4v) is 4.32. The van der Waals surface area contributed by atoms with E-state index in [-0.39, 0.29) is 16.7 Å². The molecule has 0 unspecified atom stereocenters. The molecular formula is C37H34O18. The number of hydrogen-bond acceptors (Lipinski definition) is 16. The van der Waals surface area contributed by atoms with E-state index in [0.29, 0.717) is 18.2 Å². The van der Waals surface area contributed by atoms with Gasteiger partial charge in [0.1, 0.15) is 0 Å². The first kappa shape index (κ1) is 41.9. The molecule has 0 saturated carbocycles. The summed E-state index contributed by atoms with van der Waals surface area (Å²) in [7, 11) is 0. The number of aliphatic carboxylic acids is 2. The van der Waals surface area contributed by atoms with Crippen molar-refractivity contribution in [3.63, 3.8) is 0 Å². The van der Waals surface area contributed by atoms with Gasteiger partial charge in [-0.25, -0.2) is 24.0 Å². The highest BCUT2D eigenvalue weighted by atomic mass is 16.6. The minimum atomic E-state index is -2.70. The van der Waals surface area contributed by atoms with Gasteiger partial charge in [-0.05, 0) is 71.3 Å². The van der Waals surface area contributed by atoms with Gasteiger partial charge in [0.15, 0.2) is 46.7 Å². The summed E-state index contributed by atoms with van der Waals surface area (Å²) in [6.07, 6.45) is -5.47. The molecule has 0 bridgehead atoms. The Labute approximate surface area is 310 Å². The Balaban J connectivity index is 2.12. The van der Waals surface area contributed by atoms with Gasteiger partial charge in [-0.1, -0.05) is 32.0 Å². The lowest BCUT2D eigenvalue weighted by Gasteiger charge is -2.32. The minimum Gasteiger partial charge on any atom is -0.504 e. The van der Waals surface area contributed by atoms with Crippen LogP contribution in [-0.2, 0) is 47.7 Å². The van der Waals surface area contributed by atoms with Gasteiger partial charge in [-0.3, -0.25) is 4.79 Å². The molecule has 0 aromatic heterocycles. The van der Waals surface area contributed by atoms with Crippen molar-refractivity contribution in [2.24, 2.45) is 5.92 Å². The Morgan fingerprint density at radius 1 is 0.473 bits per heavy atom. The number of carbonyl (C=O) groups is 6. The molecular weight excluding hydrogens is 732 g/mol. The number of phenols is 6. The summed E-state index contributed by atoms with van der Waals surface area (Å²) in [5, 5.41) is 78.3. The lowest BCUT2D eigenvalue weighted by atomic mass is 10.0. The SMILES string of the molecule is CC(C)C(=O)O[C@@H](C(=O)O)[C@@H](OC(=O)/C=C/c1ccc(O)c(O)c1)[C@H](OC(=O)/C=C/c1ccc(O)c(O)c1)[C@H](OC(=O)/C=C/c1ccc(O)c(O)c1)C(=O)O. The zero-order valence-electron chi connectivity index (χ0n) is 28.7. The van der Waals surface area contributed by atoms with Crippen LogP contribution in [0.5, 0.6) is 34.5 Å². The third kappa shape index (κ3) is 12.3. The molecule has 3 aromatic rings. The second kappa shape index (κ2) is 18.8. The average molecular weight is 767 g/mol. The predicted molar refractivity (Wildman–Crippen MR) is 186 cm³/mol. The van der Waals surface area contributed by atoms with E-state index in [4.69, 9.17) is 18.9 Å². The van der Waals surface area contributed by atoms with Crippen molar-refractivity contribution in [3.8, 4) is 34.5 Å². The molecule has 0 spiro atoms. The van der Waals surface area contributed by atoms with Crippen LogP contribution in [0.15, 0.2) is 72.8 Å². The van der Waals surface area contributed by atoms with Gasteiger partial charge in [-0.15, -0.1) is 0 Å². The first-order chi connectivity index (χ1) is 25.9. The number of carboxylic acid groups (broad SMARTS) is 2. The van der Waals surface area contributed by atoms with Crippen molar-refractivity contribution in [2.45, 2.75) is 38.3 Å². The Hall–Kier alpha value is -7.50. The van der Waals surface area contributed by atoms with Crippen LogP contribution in [0.1, 0.15) is 30.5 Å². The molecule has 55 heavy (non-hydrogen) atoms. The average Bonchev–Trinajstić information content (AvgIpc) is 3.12. The van der Waals surface area contributed by atoms with Gasteiger partial charge in [-0.2, -0.15) is 0 Å². The van der Waals surface area contributed by atoms with E-state index in [0.717, 1.165) is 54.6 Å². The minimum absolute atomic E-state index is 0.0954. The molecule has 3 rings (SSSR count). The molecule has 0 aliphatic carbocycles. The normalized spacial score (nSPS) is 13.6. The Kier molecular flexibility index (Phi) is 14.4. The summed E-state index contributed by atoms with van der Waals surface area (Å²) in [6, 6.07) is 10.0. The third-order valence-electron chi connectivity index (χ3n) is 7.10. The van der Waals surface area contributed by atoms with E-state index in [9.17, 15) is 69.6 Å². The number of rotatable bonds is 16. The number of esters is 4. The Bertz CT molecular complexity index is 2030. The monoisotopic (exact) mass is 766 g/mol. The molecule has 0 heterocycles. The van der Waals surface area contributed by atoms with E-state index in [1.807, 2.05) is 0 Å². The number of aromatic hydroxyl groups is 6. The van der Waals surface area contributed by atoms with Crippen LogP contribution in [-0.4, -0.2) is 101 Å². The molecule has 0 fully saturated rings. The van der Waals surface area contributed by atoms with Crippen molar-refractivity contribution in [3.05, 3.63) is 89.5 Å². The maximum atomic E-state index is 13.2. The van der Waals surface area contributed by atoms with Crippen LogP contribution in [0.2, 0.25) is 0 Å². The maximum absolute atomic E-state index is 13.2. The molecule has 18 nitrogen and oxygen atoms in total. The zero-order chi connectivity index (χ0) is 41.0. The van der Waals surface area contributed by atoms with Gasteiger partial charge in [0, 0.05) is 18.2 Å². The summed E-state index contributed by atoms with van der Waals surface area (Å²) < 4.78 is 20.6. The van der Waals surface area contributed by atoms with Gasteiger partial charge < -0.3 is 59.8 Å². The first-order valence-electron chi connectivity index (χ1n) is 15.7. The molecule has 0 aliphatic heterocycles. The van der Waals surface area contributed by atoms with Crippen LogP contribution in [0.25, 0.3) is 18.2 Å². The maximum Gasteiger partial charge on any atom is 0.349 e. The molecule has 0 radical (unpaired) electrons. The molecule has 0 amide bonds. The molecule has 290 valence electrons. The lowest BCUT2D eigenvalue weighted by molar-refractivity contribution is -0.205. The predicted octanol–water partition coefficient (Wildman–Crippen LogP) is 2.83. The van der Waals surface area contributed by atoms with Crippen LogP contribution >= 0.6 is 0 Å². The number of benzene rings is 3. The highest BCUT2D eigenvalue weighted by Crippen LogP contribution is 2.28. The zero-order valence-corrected chi connectivity index (χ0v) is 28.7. The summed E-state index contributed by atoms with van der Waals surface area (Å²) in [5.74, 6) is -13.9. The van der Waals surface area contributed by atoms with Crippen molar-refractivity contribution in [1.29, 1.82) is 0 Å². The van der Waals surface area contributed by atoms with Gasteiger partial charge in [0.25, 0.3) is 0 Å². The second-order valence-electron chi connectivity index (χ2n) is 11.6. The fraction of sp³-hybridized carbons (Fsp3) is 0.189. The van der Waals surface area contributed by atoms with E-state index in [1.54, 1.807) is 0 Å². The Morgan fingerprint density at radius 2 is 0.782 bits per heavy atom. The Morgan fingerprint density at radius 3 is 1.07 bits per heavy atom. The molecule has 3 aromatic carbocycles. The summed E-state index contributed by atoms with van der Waals surface area (Å²) in [4.78, 5) is 77.1. The van der Waals surface area contributed by atoms with Crippen LogP contribution < -0.4 is 0 Å². The highest BCUT2D eigenvalue weighted by molar-refractivity contribution is 5.91. The van der Waals surface area contributed by atoms with Crippen molar-refractivity contribution in [2.75, 3.05) is 0 Å². The topological polar surface area (TPSA) is 301 Å². The van der Waals surface area contributed by atoms with E-state index >= 15 is 0 Å². The number of phenolic OH excluding ortho intramolecular Hbond substituents is 6. The summed E-state index contributed by atoms with van der Waals surface area (Å²) in [5.41, 5.74) is 0.307. The van der Waals surface area contributed by atoms with Crippen molar-refractivity contribution >= 4 is 54.0 Å². The number of carbonyl (C=O) groups excluding carboxylic acids is 4. The molecule has 0 saturated heterocycles. The molecule has 4 atom stereocenters. The quantitative estimate of drug-likeness (QED) is 0.0450. The standard InChI is InChI=1S/C37H34O18/c1-18(2)37(51)55-34(36(49)50)32(53-29(45)13-7-20-4-10-23(39)26(42)16-20)31(52-28(44)12-6-19-3-9-22(38)25(41)15-19)33(35(47)48)54-30(46)14-8-21-5-11-24(40)27(43)17-21/h3-18,31-34,38-43H,1-2H3,(H,47,48)(H,49,50)/b12-6+,13-7+,14-8+/t31-,32-,33-,34+/m0/s1. The van der Waals surface area contributed by atoms with Gasteiger partial charge in [0.05, 0.1) is 5.92 Å². The summed E-state index contributed by atoms with van der Waals surface area (Å²) in [6.45, 7) is 2.62. The number of ether oxygens (including phenoxy) is 4. The van der Waals surface area contributed by atoms with E-state index in [2.05, 4.69) is 0 Å². The number of hydrogen-bond donors (Lipinski definition) is 8. The number of carboxylic acids is 2. The molecule has 8 N–H and O–H groups in total. The lowest BCUT2D eigenvalue weighted by Crippen LogP contribution is -2.56. The van der Waals surface area contributed by atoms with Gasteiger partial charge >= 0.3 is 35.8 Å². The van der Waals surface area contributed by atoms with E-state index < -0.39 is 101 Å². The molecule has 18 heteroatoms. The highest BCUT2D eigenvalue weighted by Gasteiger charge is 2.50. The van der Waals surface area contributed by atoms with Crippen LogP contribution in [0.3, 0.4) is 0 Å². The largest absolute Gasteiger partial charge is 0.504 e. The van der Waals surface area contributed by atoms with Crippen molar-refractivity contribution < 1.29 is 88.6 Å². The fourth-order valence-electron chi connectivity index (χ4n) is 4.32. The van der Waals surface area contributed by atoms with Crippen LogP contribution in [0.4, 0.5) is 0 Å². The molecule has 0 aliphatic rings. The van der Waals surface area contributed by atoms with Crippen molar-refractivity contribution in [1.82, 2.24) is 0 Å². The van der Waals surface area contributed by atoms with Crippen LogP contribution in [0, 0.1) is 5.92 Å².